The van der Waals surface area contributed by atoms with Gasteiger partial charge in [0.25, 0.3) is 0 Å². The third kappa shape index (κ3) is 4.11. The van der Waals surface area contributed by atoms with Crippen molar-refractivity contribution in [3.63, 3.8) is 0 Å². The lowest BCUT2D eigenvalue weighted by molar-refractivity contribution is 0.411. The number of thiophene rings is 1. The molecule has 2 aromatic heterocycles. The molecule has 2 heterocycles. The molecule has 5 aromatic rings. The fourth-order valence-electron chi connectivity index (χ4n) is 3.86. The van der Waals surface area contributed by atoms with Gasteiger partial charge in [-0.3, -0.25) is 4.98 Å². The first kappa shape index (κ1) is 17.6. The first-order valence-corrected chi connectivity index (χ1v) is 11.1. The molecule has 0 fully saturated rings. The van der Waals surface area contributed by atoms with Crippen LogP contribution in [0, 0.1) is 11.2 Å². The van der Waals surface area contributed by atoms with Crippen LogP contribution >= 0.6 is 11.3 Å². The minimum absolute atomic E-state index is 0.234. The van der Waals surface area contributed by atoms with Gasteiger partial charge in [-0.15, -0.1) is 11.3 Å². The number of halogens is 1. The zero-order valence-electron chi connectivity index (χ0n) is 19.7. The largest absolute Gasteiger partial charge is 0.256 e. The Morgan fingerprint density at radius 3 is 2.10 bits per heavy atom. The van der Waals surface area contributed by atoms with Gasteiger partial charge in [0.15, 0.2) is 0 Å². The number of hydrogen-bond donors (Lipinski definition) is 0. The predicted octanol–water partition coefficient (Wildman–Crippen LogP) is 8.51. The molecule has 0 amide bonds. The highest BCUT2D eigenvalue weighted by molar-refractivity contribution is 7.25. The lowest BCUT2D eigenvalue weighted by Gasteiger charge is -2.18. The molecular weight excluding hydrogens is 401 g/mol. The quantitative estimate of drug-likeness (QED) is 0.281. The summed E-state index contributed by atoms with van der Waals surface area (Å²) in [5.41, 5.74) is 3.91. The van der Waals surface area contributed by atoms with Crippen molar-refractivity contribution < 1.29 is 7.13 Å². The summed E-state index contributed by atoms with van der Waals surface area (Å²) >= 11 is 1.72. The summed E-state index contributed by atoms with van der Waals surface area (Å²) in [6, 6.07) is 22.9. The van der Waals surface area contributed by atoms with Gasteiger partial charge in [0, 0.05) is 34.7 Å². The highest BCUT2D eigenvalue weighted by Gasteiger charge is 2.13. The molecule has 0 radical (unpaired) electrons. The molecule has 0 spiro atoms. The average Bonchev–Trinajstić information content (AvgIpc) is 3.16. The van der Waals surface area contributed by atoms with Crippen molar-refractivity contribution in [2.45, 2.75) is 27.1 Å². The van der Waals surface area contributed by atoms with E-state index in [-0.39, 0.29) is 5.82 Å². The Kier molecular flexibility index (Phi) is 4.31. The molecule has 5 rings (SSSR count). The van der Waals surface area contributed by atoms with Crippen molar-refractivity contribution in [2.75, 3.05) is 0 Å². The summed E-state index contributed by atoms with van der Waals surface area (Å²) in [6.45, 7) is 5.74. The maximum absolute atomic E-state index is 13.3. The topological polar surface area (TPSA) is 12.9 Å². The van der Waals surface area contributed by atoms with Crippen LogP contribution in [0.5, 0.6) is 0 Å². The van der Waals surface area contributed by atoms with Crippen molar-refractivity contribution in [1.29, 1.82) is 0 Å². The van der Waals surface area contributed by atoms with E-state index in [1.54, 1.807) is 35.7 Å². The molecule has 0 N–H and O–H groups in total. The summed E-state index contributed by atoms with van der Waals surface area (Å²) in [5, 5.41) is 2.38. The Labute approximate surface area is 189 Å². The minimum atomic E-state index is -1.47. The Balaban J connectivity index is 1.57. The predicted molar refractivity (Wildman–Crippen MR) is 131 cm³/mol. The van der Waals surface area contributed by atoms with E-state index in [1.807, 2.05) is 26.8 Å². The van der Waals surface area contributed by atoms with Crippen molar-refractivity contribution in [3.8, 4) is 22.4 Å². The Hall–Kier alpha value is -3.04. The van der Waals surface area contributed by atoms with Gasteiger partial charge in [-0.1, -0.05) is 57.2 Å². The molecule has 0 aliphatic heterocycles. The van der Waals surface area contributed by atoms with Crippen LogP contribution in [0.2, 0.25) is 0 Å². The summed E-state index contributed by atoms with van der Waals surface area (Å²) in [7, 11) is 0. The van der Waals surface area contributed by atoms with Crippen molar-refractivity contribution in [2.24, 2.45) is 5.41 Å². The van der Waals surface area contributed by atoms with Gasteiger partial charge < -0.3 is 0 Å². The first-order chi connectivity index (χ1) is 15.6. The SMILES string of the molecule is [2H]C([2H])(c1ccnc(-c2ccc3c(c2)sc2cc(-c4ccc(F)cc4)ccc23)c1)C(C)(C)C. The molecule has 0 atom stereocenters. The van der Waals surface area contributed by atoms with Gasteiger partial charge in [-0.25, -0.2) is 4.39 Å². The molecule has 0 aliphatic rings. The zero-order chi connectivity index (χ0) is 23.4. The van der Waals surface area contributed by atoms with Crippen molar-refractivity contribution >= 4 is 31.5 Å². The van der Waals surface area contributed by atoms with Crippen molar-refractivity contribution in [3.05, 3.63) is 90.4 Å². The normalized spacial score (nSPS) is 13.4. The molecule has 0 unspecified atom stereocenters. The van der Waals surface area contributed by atoms with E-state index in [0.717, 1.165) is 27.1 Å². The number of fused-ring (bicyclic) bond motifs is 3. The van der Waals surface area contributed by atoms with Gasteiger partial charge in [0.05, 0.1) is 5.69 Å². The van der Waals surface area contributed by atoms with Gasteiger partial charge in [-0.2, -0.15) is 0 Å². The van der Waals surface area contributed by atoms with Gasteiger partial charge in [-0.05, 0) is 64.9 Å². The Morgan fingerprint density at radius 2 is 1.42 bits per heavy atom. The molecular formula is C28H24FNS. The van der Waals surface area contributed by atoms with E-state index < -0.39 is 11.8 Å². The molecule has 0 saturated carbocycles. The second-order valence-electron chi connectivity index (χ2n) is 8.84. The fourth-order valence-corrected chi connectivity index (χ4v) is 5.04. The van der Waals surface area contributed by atoms with Crippen LogP contribution in [-0.2, 0) is 6.37 Å². The Bertz CT molecular complexity index is 1480. The van der Waals surface area contributed by atoms with Crippen LogP contribution in [0.15, 0.2) is 79.0 Å². The molecule has 0 aliphatic carbocycles. The van der Waals surface area contributed by atoms with E-state index in [4.69, 9.17) is 2.74 Å². The first-order valence-electron chi connectivity index (χ1n) is 11.3. The van der Waals surface area contributed by atoms with E-state index in [2.05, 4.69) is 41.4 Å². The second kappa shape index (κ2) is 7.58. The summed E-state index contributed by atoms with van der Waals surface area (Å²) < 4.78 is 32.8. The smallest absolute Gasteiger partial charge is 0.123 e. The van der Waals surface area contributed by atoms with Gasteiger partial charge in [0.2, 0.25) is 0 Å². The summed E-state index contributed by atoms with van der Waals surface area (Å²) in [4.78, 5) is 4.53. The average molecular weight is 428 g/mol. The molecule has 3 heteroatoms. The van der Waals surface area contributed by atoms with Crippen LogP contribution in [0.25, 0.3) is 42.6 Å². The van der Waals surface area contributed by atoms with Crippen LogP contribution in [-0.4, -0.2) is 4.98 Å². The third-order valence-electron chi connectivity index (χ3n) is 5.23. The van der Waals surface area contributed by atoms with E-state index in [9.17, 15) is 4.39 Å². The molecule has 0 bridgehead atoms. The highest BCUT2D eigenvalue weighted by Crippen LogP contribution is 2.38. The highest BCUT2D eigenvalue weighted by atomic mass is 32.1. The van der Waals surface area contributed by atoms with Crippen LogP contribution in [0.1, 0.15) is 29.1 Å². The summed E-state index contributed by atoms with van der Waals surface area (Å²) in [5.74, 6) is -0.234. The molecule has 1 nitrogen and oxygen atoms in total. The number of hydrogen-bond acceptors (Lipinski definition) is 2. The zero-order valence-corrected chi connectivity index (χ0v) is 18.6. The van der Waals surface area contributed by atoms with Crippen molar-refractivity contribution in [1.82, 2.24) is 4.98 Å². The molecule has 154 valence electrons. The van der Waals surface area contributed by atoms with E-state index in [0.29, 0.717) is 5.56 Å². The van der Waals surface area contributed by atoms with Crippen LogP contribution in [0.3, 0.4) is 0 Å². The Morgan fingerprint density at radius 1 is 0.806 bits per heavy atom. The fraction of sp³-hybridized carbons (Fsp3) is 0.179. The maximum Gasteiger partial charge on any atom is 0.123 e. The second-order valence-corrected chi connectivity index (χ2v) is 9.92. The monoisotopic (exact) mass is 427 g/mol. The lowest BCUT2D eigenvalue weighted by atomic mass is 9.88. The minimum Gasteiger partial charge on any atom is -0.256 e. The number of benzene rings is 3. The lowest BCUT2D eigenvalue weighted by Crippen LogP contribution is -2.09. The molecule has 3 aromatic carbocycles. The third-order valence-corrected chi connectivity index (χ3v) is 6.34. The van der Waals surface area contributed by atoms with Crippen LogP contribution in [0.4, 0.5) is 4.39 Å². The maximum atomic E-state index is 13.3. The van der Waals surface area contributed by atoms with E-state index >= 15 is 0 Å². The number of rotatable bonds is 3. The number of aromatic nitrogens is 1. The standard InChI is InChI=1S/C28H24FNS/c1-28(2,3)17-18-12-13-30-25(14-18)21-7-11-24-23-10-6-20(15-26(23)31-27(24)16-21)19-4-8-22(29)9-5-19/h4-16H,17H2,1-3H3/i17D2. The van der Waals surface area contributed by atoms with E-state index in [1.165, 1.54) is 27.6 Å². The van der Waals surface area contributed by atoms with Gasteiger partial charge >= 0.3 is 0 Å². The number of nitrogens with zero attached hydrogens (tertiary/aromatic N) is 1. The molecule has 31 heavy (non-hydrogen) atoms. The number of pyridine rings is 1. The van der Waals surface area contributed by atoms with Crippen LogP contribution < -0.4 is 0 Å². The molecule has 0 saturated heterocycles. The summed E-state index contributed by atoms with van der Waals surface area (Å²) in [6.07, 6.45) is 0.224. The van der Waals surface area contributed by atoms with Gasteiger partial charge in [0.1, 0.15) is 5.82 Å².